The maximum atomic E-state index is 4.34. The fourth-order valence-electron chi connectivity index (χ4n) is 1.86. The zero-order valence-corrected chi connectivity index (χ0v) is 9.29. The molecule has 3 nitrogen and oxygen atoms in total. The molecule has 1 aliphatic heterocycles. The lowest BCUT2D eigenvalue weighted by molar-refractivity contribution is 0.214. The third-order valence-corrected chi connectivity index (χ3v) is 3.02. The summed E-state index contributed by atoms with van der Waals surface area (Å²) in [5.74, 6) is 2.21. The third kappa shape index (κ3) is 2.30. The number of nitrogens with zero attached hydrogens (tertiary/aromatic N) is 3. The highest BCUT2D eigenvalue weighted by molar-refractivity contribution is 7.80. The van der Waals surface area contributed by atoms with Crippen molar-refractivity contribution >= 4 is 12.6 Å². The summed E-state index contributed by atoms with van der Waals surface area (Å²) >= 11 is 4.22. The molecule has 0 saturated heterocycles. The molecule has 0 unspecified atom stereocenters. The average molecular weight is 211 g/mol. The quantitative estimate of drug-likeness (QED) is 0.600. The van der Waals surface area contributed by atoms with Crippen LogP contribution in [0.1, 0.15) is 18.7 Å². The number of rotatable bonds is 4. The second kappa shape index (κ2) is 4.84. The summed E-state index contributed by atoms with van der Waals surface area (Å²) in [7, 11) is 0. The Labute approximate surface area is 90.5 Å². The van der Waals surface area contributed by atoms with Crippen molar-refractivity contribution in [1.29, 1.82) is 0 Å². The molecule has 0 atom stereocenters. The summed E-state index contributed by atoms with van der Waals surface area (Å²) in [5.41, 5.74) is 0. The average Bonchev–Trinajstić information content (AvgIpc) is 2.65. The van der Waals surface area contributed by atoms with E-state index in [4.69, 9.17) is 0 Å². The summed E-state index contributed by atoms with van der Waals surface area (Å²) in [4.78, 5) is 6.82. The van der Waals surface area contributed by atoms with Crippen LogP contribution >= 0.6 is 12.6 Å². The first-order valence-corrected chi connectivity index (χ1v) is 5.86. The molecule has 1 aromatic rings. The molecule has 1 aliphatic rings. The Kier molecular flexibility index (Phi) is 3.48. The van der Waals surface area contributed by atoms with E-state index in [0.717, 1.165) is 25.4 Å². The largest absolute Gasteiger partial charge is 0.333 e. The van der Waals surface area contributed by atoms with Crippen molar-refractivity contribution in [1.82, 2.24) is 14.5 Å². The molecule has 0 aliphatic carbocycles. The Balaban J connectivity index is 1.82. The molecule has 14 heavy (non-hydrogen) atoms. The maximum absolute atomic E-state index is 4.34. The zero-order chi connectivity index (χ0) is 9.80. The van der Waals surface area contributed by atoms with Gasteiger partial charge in [-0.2, -0.15) is 12.6 Å². The van der Waals surface area contributed by atoms with Crippen molar-refractivity contribution < 1.29 is 0 Å². The Bertz CT molecular complexity index is 285. The number of thiol groups is 1. The molecule has 0 amide bonds. The van der Waals surface area contributed by atoms with Crippen LogP contribution in [0.15, 0.2) is 12.4 Å². The number of unbranched alkanes of at least 4 members (excludes halogenated alkanes) is 1. The van der Waals surface area contributed by atoms with E-state index in [2.05, 4.69) is 33.3 Å². The summed E-state index contributed by atoms with van der Waals surface area (Å²) in [6.07, 6.45) is 6.44. The smallest absolute Gasteiger partial charge is 0.122 e. The van der Waals surface area contributed by atoms with Crippen molar-refractivity contribution in [3.8, 4) is 0 Å². The van der Waals surface area contributed by atoms with Gasteiger partial charge in [-0.25, -0.2) is 4.98 Å². The van der Waals surface area contributed by atoms with Crippen LogP contribution in [-0.4, -0.2) is 33.3 Å². The summed E-state index contributed by atoms with van der Waals surface area (Å²) < 4.78 is 2.25. The fourth-order valence-corrected chi connectivity index (χ4v) is 2.09. The second-order valence-corrected chi connectivity index (χ2v) is 4.19. The van der Waals surface area contributed by atoms with E-state index >= 15 is 0 Å². The molecular formula is C10H17N3S. The Hall–Kier alpha value is -0.480. The first-order valence-electron chi connectivity index (χ1n) is 5.23. The minimum atomic E-state index is 1.00. The molecule has 2 rings (SSSR count). The Morgan fingerprint density at radius 2 is 2.29 bits per heavy atom. The van der Waals surface area contributed by atoms with Crippen LogP contribution in [0.3, 0.4) is 0 Å². The SMILES string of the molecule is SCCCCN1CCn2ccnc2C1. The van der Waals surface area contributed by atoms with Crippen LogP contribution in [0.5, 0.6) is 0 Å². The topological polar surface area (TPSA) is 21.1 Å². The Morgan fingerprint density at radius 3 is 3.14 bits per heavy atom. The second-order valence-electron chi connectivity index (χ2n) is 3.74. The van der Waals surface area contributed by atoms with Crippen LogP contribution < -0.4 is 0 Å². The van der Waals surface area contributed by atoms with Gasteiger partial charge in [0.1, 0.15) is 5.82 Å². The molecule has 2 heterocycles. The van der Waals surface area contributed by atoms with Crippen LogP contribution in [-0.2, 0) is 13.1 Å². The standard InChI is InChI=1S/C10H17N3S/c14-8-2-1-4-12-6-7-13-5-3-11-10(13)9-12/h3,5,14H,1-2,4,6-9H2. The van der Waals surface area contributed by atoms with Gasteiger partial charge in [-0.3, -0.25) is 4.90 Å². The van der Waals surface area contributed by atoms with Gasteiger partial charge in [-0.1, -0.05) is 0 Å². The number of fused-ring (bicyclic) bond motifs is 1. The van der Waals surface area contributed by atoms with Gasteiger partial charge in [-0.15, -0.1) is 0 Å². The van der Waals surface area contributed by atoms with Crippen molar-refractivity contribution in [2.45, 2.75) is 25.9 Å². The molecule has 1 aromatic heterocycles. The van der Waals surface area contributed by atoms with Crippen LogP contribution in [0.2, 0.25) is 0 Å². The van der Waals surface area contributed by atoms with Crippen molar-refractivity contribution in [3.63, 3.8) is 0 Å². The first kappa shape index (κ1) is 10.1. The van der Waals surface area contributed by atoms with Crippen molar-refractivity contribution in [2.75, 3.05) is 18.8 Å². The van der Waals surface area contributed by atoms with Crippen LogP contribution in [0.4, 0.5) is 0 Å². The predicted octanol–water partition coefficient (Wildman–Crippen LogP) is 1.41. The van der Waals surface area contributed by atoms with E-state index in [1.807, 2.05) is 6.20 Å². The highest BCUT2D eigenvalue weighted by Gasteiger charge is 2.15. The molecule has 0 N–H and O–H groups in total. The summed E-state index contributed by atoms with van der Waals surface area (Å²) in [5, 5.41) is 0. The normalized spacial score (nSPS) is 16.9. The van der Waals surface area contributed by atoms with Gasteiger partial charge >= 0.3 is 0 Å². The highest BCUT2D eigenvalue weighted by atomic mass is 32.1. The van der Waals surface area contributed by atoms with E-state index in [-0.39, 0.29) is 0 Å². The van der Waals surface area contributed by atoms with Crippen molar-refractivity contribution in [2.24, 2.45) is 0 Å². The van der Waals surface area contributed by atoms with Gasteiger partial charge in [0.15, 0.2) is 0 Å². The molecule has 0 fully saturated rings. The van der Waals surface area contributed by atoms with Crippen LogP contribution in [0, 0.1) is 0 Å². The van der Waals surface area contributed by atoms with E-state index in [9.17, 15) is 0 Å². The highest BCUT2D eigenvalue weighted by Crippen LogP contribution is 2.10. The van der Waals surface area contributed by atoms with Gasteiger partial charge in [0.2, 0.25) is 0 Å². The maximum Gasteiger partial charge on any atom is 0.122 e. The molecule has 0 aromatic carbocycles. The van der Waals surface area contributed by atoms with Gasteiger partial charge in [0.05, 0.1) is 6.54 Å². The van der Waals surface area contributed by atoms with Gasteiger partial charge in [-0.05, 0) is 25.1 Å². The van der Waals surface area contributed by atoms with Gasteiger partial charge in [0.25, 0.3) is 0 Å². The first-order chi connectivity index (χ1) is 6.90. The van der Waals surface area contributed by atoms with E-state index in [1.54, 1.807) is 0 Å². The minimum absolute atomic E-state index is 1.00. The van der Waals surface area contributed by atoms with Crippen LogP contribution in [0.25, 0.3) is 0 Å². The number of hydrogen-bond donors (Lipinski definition) is 1. The fraction of sp³-hybridized carbons (Fsp3) is 0.700. The summed E-state index contributed by atoms with van der Waals surface area (Å²) in [6, 6.07) is 0. The van der Waals surface area contributed by atoms with Gasteiger partial charge < -0.3 is 4.57 Å². The van der Waals surface area contributed by atoms with Crippen molar-refractivity contribution in [3.05, 3.63) is 18.2 Å². The number of hydrogen-bond acceptors (Lipinski definition) is 3. The number of aromatic nitrogens is 2. The molecule has 0 saturated carbocycles. The van der Waals surface area contributed by atoms with E-state index in [0.29, 0.717) is 0 Å². The lowest BCUT2D eigenvalue weighted by Crippen LogP contribution is -2.34. The molecule has 0 radical (unpaired) electrons. The third-order valence-electron chi connectivity index (χ3n) is 2.71. The molecular weight excluding hydrogens is 194 g/mol. The minimum Gasteiger partial charge on any atom is -0.333 e. The monoisotopic (exact) mass is 211 g/mol. The molecule has 0 spiro atoms. The number of imidazole rings is 1. The predicted molar refractivity (Wildman–Crippen MR) is 60.6 cm³/mol. The lowest BCUT2D eigenvalue weighted by Gasteiger charge is -2.27. The molecule has 4 heteroatoms. The lowest BCUT2D eigenvalue weighted by atomic mass is 10.3. The Morgan fingerprint density at radius 1 is 1.36 bits per heavy atom. The van der Waals surface area contributed by atoms with E-state index in [1.165, 1.54) is 25.2 Å². The molecule has 78 valence electrons. The van der Waals surface area contributed by atoms with Gasteiger partial charge in [0, 0.05) is 25.5 Å². The summed E-state index contributed by atoms with van der Waals surface area (Å²) in [6.45, 7) is 4.46. The van der Waals surface area contributed by atoms with E-state index < -0.39 is 0 Å². The zero-order valence-electron chi connectivity index (χ0n) is 8.39. The molecule has 0 bridgehead atoms.